The molecule has 16 aromatic rings. The standard InChI is InChI=1S/C45H32N3O2P.C33H30BN3O3.C18H14BrOP/c49-51(40-17-9-3-10-18-40,41-19-11-4-12-20-41)42-31-25-34(26-32-42)33-21-27-38(28-22-33)50-39-29-23-37(24-30-39)45-47-43(35-13-5-1-6-14-35)46-44(48-45)36-15-7-2-8-16-36;1-32(2)33(3,4)40-34(39-32)26-17-21-28(22-18-26)38-27-19-15-25(16-20-27)31-36-29(23-11-7-5-8-12-23)35-30(37-31)24-13-9-6-10-14-24;19-15-11-13-18(14-12-15)21(20,16-7-3-1-4-8-16)17-9-5-2-6-10-17/h1-32H;5-22H,1-4H3;1-14H. The van der Waals surface area contributed by atoms with E-state index in [1.165, 1.54) is 0 Å². The molecule has 0 saturated carbocycles. The first-order valence-corrected chi connectivity index (χ1v) is 41.0. The molecule has 3 heterocycles. The summed E-state index contributed by atoms with van der Waals surface area (Å²) in [5.41, 5.74) is 7.74. The van der Waals surface area contributed by atoms with Gasteiger partial charge in [-0.1, -0.05) is 307 Å². The van der Waals surface area contributed by atoms with E-state index in [1.807, 2.05) is 388 Å². The molecule has 0 spiro atoms. The Kier molecular flexibility index (Phi) is 22.7. The minimum atomic E-state index is -3.02. The van der Waals surface area contributed by atoms with E-state index >= 15 is 0 Å². The molecule has 0 bridgehead atoms. The number of hydrogen-bond donors (Lipinski definition) is 0. The van der Waals surface area contributed by atoms with Crippen LogP contribution in [0.1, 0.15) is 27.7 Å². The second kappa shape index (κ2) is 33.9. The average molecular weight is 1560 g/mol. The molecular weight excluding hydrogens is 1490 g/mol. The summed E-state index contributed by atoms with van der Waals surface area (Å²) in [6.45, 7) is 8.21. The molecule has 0 aliphatic carbocycles. The molecule has 16 heteroatoms. The fourth-order valence-corrected chi connectivity index (χ4v) is 18.4. The largest absolute Gasteiger partial charge is 0.494 e. The molecule has 12 nitrogen and oxygen atoms in total. The third-order valence-corrected chi connectivity index (χ3v) is 26.3. The van der Waals surface area contributed by atoms with Crippen LogP contribution in [0.3, 0.4) is 0 Å². The Morgan fingerprint density at radius 3 is 0.705 bits per heavy atom. The number of halogens is 1. The van der Waals surface area contributed by atoms with E-state index in [-0.39, 0.29) is 11.2 Å². The quantitative estimate of drug-likeness (QED) is 0.0595. The number of rotatable bonds is 18. The zero-order chi connectivity index (χ0) is 76.9. The van der Waals surface area contributed by atoms with Gasteiger partial charge in [0, 0.05) is 69.7 Å². The van der Waals surface area contributed by atoms with E-state index in [4.69, 9.17) is 48.7 Å². The molecule has 0 atom stereocenters. The van der Waals surface area contributed by atoms with Crippen molar-refractivity contribution in [3.8, 4) is 102 Å². The second-order valence-corrected chi connectivity index (χ2v) is 34.0. The Labute approximate surface area is 662 Å². The summed E-state index contributed by atoms with van der Waals surface area (Å²) in [6, 6.07) is 126. The molecule has 14 aromatic carbocycles. The van der Waals surface area contributed by atoms with Crippen molar-refractivity contribution in [2.75, 3.05) is 0 Å². The molecule has 0 radical (unpaired) electrons. The SMILES string of the molecule is CC1(C)OB(c2ccc(Oc3ccc(-c4nc(-c5ccccc5)nc(-c5ccccc5)n4)cc3)cc2)OC1(C)C.O=P(c1ccccc1)(c1ccccc1)c1ccc(-c2ccc(Oc3ccc(-c4nc(-c5ccccc5)nc(-c5ccccc5)n4)cc3)cc2)cc1.O=P(c1ccccc1)(c1ccccc1)c1ccc(Br)cc1. The minimum Gasteiger partial charge on any atom is -0.457 e. The van der Waals surface area contributed by atoms with Gasteiger partial charge < -0.3 is 27.9 Å². The van der Waals surface area contributed by atoms with Crippen LogP contribution in [0.15, 0.2) is 393 Å². The van der Waals surface area contributed by atoms with E-state index in [0.29, 0.717) is 46.4 Å². The van der Waals surface area contributed by atoms with Crippen LogP contribution in [0.2, 0.25) is 0 Å². The lowest BCUT2D eigenvalue weighted by Crippen LogP contribution is -2.41. The zero-order valence-electron chi connectivity index (χ0n) is 61.9. The van der Waals surface area contributed by atoms with Crippen molar-refractivity contribution in [3.63, 3.8) is 0 Å². The van der Waals surface area contributed by atoms with Gasteiger partial charge in [-0.25, -0.2) is 29.9 Å². The number of hydrogen-bond acceptors (Lipinski definition) is 12. The maximum Gasteiger partial charge on any atom is 0.494 e. The van der Waals surface area contributed by atoms with Crippen LogP contribution in [0.25, 0.3) is 79.5 Å². The predicted octanol–water partition coefficient (Wildman–Crippen LogP) is 21.0. The molecular formula is C96H76BBrN6O6P2. The van der Waals surface area contributed by atoms with Gasteiger partial charge in [-0.15, -0.1) is 0 Å². The van der Waals surface area contributed by atoms with Crippen molar-refractivity contribution < 1.29 is 27.9 Å². The van der Waals surface area contributed by atoms with Crippen molar-refractivity contribution >= 4 is 74.6 Å². The van der Waals surface area contributed by atoms with Crippen molar-refractivity contribution in [1.82, 2.24) is 29.9 Å². The molecule has 0 N–H and O–H groups in total. The van der Waals surface area contributed by atoms with Crippen molar-refractivity contribution in [3.05, 3.63) is 393 Å². The van der Waals surface area contributed by atoms with E-state index in [2.05, 4.69) is 43.6 Å². The summed E-state index contributed by atoms with van der Waals surface area (Å²) >= 11 is 3.43. The van der Waals surface area contributed by atoms with Crippen LogP contribution in [0.4, 0.5) is 0 Å². The third-order valence-electron chi connectivity index (χ3n) is 19.6. The summed E-state index contributed by atoms with van der Waals surface area (Å²) in [7, 11) is -6.24. The number of ether oxygens (including phenoxy) is 2. The summed E-state index contributed by atoms with van der Waals surface area (Å²) < 4.78 is 54.3. The molecule has 0 amide bonds. The smallest absolute Gasteiger partial charge is 0.457 e. The summed E-state index contributed by atoms with van der Waals surface area (Å²) in [4.78, 5) is 28.8. The third kappa shape index (κ3) is 17.1. The van der Waals surface area contributed by atoms with Crippen molar-refractivity contribution in [1.29, 1.82) is 0 Å². The van der Waals surface area contributed by atoms with Crippen LogP contribution < -0.4 is 46.8 Å². The predicted molar refractivity (Wildman–Crippen MR) is 459 cm³/mol. The number of benzene rings is 14. The highest BCUT2D eigenvalue weighted by Crippen LogP contribution is 2.45. The molecule has 1 aliphatic heterocycles. The first-order chi connectivity index (χ1) is 54.6. The second-order valence-electron chi connectivity index (χ2n) is 27.6. The highest BCUT2D eigenvalue weighted by Gasteiger charge is 2.51. The van der Waals surface area contributed by atoms with E-state index in [9.17, 15) is 9.13 Å². The van der Waals surface area contributed by atoms with Gasteiger partial charge in [0.15, 0.2) is 49.2 Å². The lowest BCUT2D eigenvalue weighted by molar-refractivity contribution is 0.00578. The van der Waals surface area contributed by atoms with E-state index in [0.717, 1.165) is 97.8 Å². The summed E-state index contributed by atoms with van der Waals surface area (Å²) in [6.07, 6.45) is 0. The highest BCUT2D eigenvalue weighted by molar-refractivity contribution is 9.10. The monoisotopic (exact) mass is 1560 g/mol. The molecule has 17 rings (SSSR count). The van der Waals surface area contributed by atoms with Crippen LogP contribution in [0.5, 0.6) is 23.0 Å². The highest BCUT2D eigenvalue weighted by atomic mass is 79.9. The van der Waals surface area contributed by atoms with Crippen molar-refractivity contribution in [2.24, 2.45) is 0 Å². The van der Waals surface area contributed by atoms with Gasteiger partial charge in [0.1, 0.15) is 23.0 Å². The summed E-state index contributed by atoms with van der Waals surface area (Å²) in [5, 5.41) is 5.01. The molecule has 0 unspecified atom stereocenters. The lowest BCUT2D eigenvalue weighted by atomic mass is 9.79. The molecule has 112 heavy (non-hydrogen) atoms. The molecule has 1 fully saturated rings. The Hall–Kier alpha value is -12.4. The van der Waals surface area contributed by atoms with E-state index in [1.54, 1.807) is 0 Å². The van der Waals surface area contributed by atoms with Crippen LogP contribution in [-0.2, 0) is 18.4 Å². The topological polar surface area (TPSA) is 148 Å². The molecule has 1 saturated heterocycles. The van der Waals surface area contributed by atoms with Gasteiger partial charge >= 0.3 is 7.12 Å². The average Bonchev–Trinajstić information content (AvgIpc) is 0.979. The lowest BCUT2D eigenvalue weighted by Gasteiger charge is -2.32. The normalized spacial score (nSPS) is 12.8. The van der Waals surface area contributed by atoms with Gasteiger partial charge in [0.2, 0.25) is 0 Å². The van der Waals surface area contributed by atoms with E-state index < -0.39 is 21.4 Å². The number of nitrogens with zero attached hydrogens (tertiary/aromatic N) is 6. The van der Waals surface area contributed by atoms with Gasteiger partial charge in [-0.2, -0.15) is 0 Å². The Bertz CT molecular complexity index is 5690. The first-order valence-electron chi connectivity index (χ1n) is 36.8. The fourth-order valence-electron chi connectivity index (χ4n) is 12.8. The van der Waals surface area contributed by atoms with Crippen LogP contribution in [0, 0.1) is 0 Å². The fraction of sp³-hybridized carbons (Fsp3) is 0.0625. The van der Waals surface area contributed by atoms with Gasteiger partial charge in [0.05, 0.1) is 11.2 Å². The first kappa shape index (κ1) is 75.1. The van der Waals surface area contributed by atoms with Crippen molar-refractivity contribution in [2.45, 2.75) is 38.9 Å². The molecule has 2 aromatic heterocycles. The molecule has 1 aliphatic rings. The Morgan fingerprint density at radius 2 is 0.446 bits per heavy atom. The summed E-state index contributed by atoms with van der Waals surface area (Å²) in [5.74, 6) is 6.57. The maximum absolute atomic E-state index is 14.7. The molecule has 546 valence electrons. The van der Waals surface area contributed by atoms with Gasteiger partial charge in [0.25, 0.3) is 0 Å². The van der Waals surface area contributed by atoms with Gasteiger partial charge in [-0.3, -0.25) is 0 Å². The number of aromatic nitrogens is 6. The maximum atomic E-state index is 14.7. The van der Waals surface area contributed by atoms with Crippen LogP contribution in [-0.4, -0.2) is 48.2 Å². The Balaban J connectivity index is 0.000000144. The Morgan fingerprint density at radius 1 is 0.250 bits per heavy atom. The van der Waals surface area contributed by atoms with Crippen LogP contribution >= 0.6 is 30.2 Å². The minimum absolute atomic E-state index is 0.378. The zero-order valence-corrected chi connectivity index (χ0v) is 65.3. The van der Waals surface area contributed by atoms with Gasteiger partial charge in [-0.05, 0) is 141 Å².